The number of rotatable bonds is 3. The van der Waals surface area contributed by atoms with Crippen LogP contribution < -0.4 is 0 Å². The van der Waals surface area contributed by atoms with Gasteiger partial charge in [-0.05, 0) is 0 Å². The third-order valence-electron chi connectivity index (χ3n) is 0.279. The molecule has 0 heterocycles. The molecule has 0 saturated heterocycles. The maximum atomic E-state index is 11.0. The summed E-state index contributed by atoms with van der Waals surface area (Å²) < 4.78 is 24.4. The van der Waals surface area contributed by atoms with Gasteiger partial charge in [-0.2, -0.15) is 0 Å². The van der Waals surface area contributed by atoms with Crippen molar-refractivity contribution in [2.75, 3.05) is 13.3 Å². The summed E-state index contributed by atoms with van der Waals surface area (Å²) >= 11 is 0. The van der Waals surface area contributed by atoms with Crippen LogP contribution in [0.5, 0.6) is 0 Å². The maximum absolute atomic E-state index is 11.0. The Morgan fingerprint density at radius 1 is 1.86 bits per heavy atom. The molecule has 0 bridgehead atoms. The van der Waals surface area contributed by atoms with Gasteiger partial charge in [0.2, 0.25) is 0 Å². The Hall–Kier alpha value is -0.0500. The molecule has 0 aromatic heterocycles. The predicted octanol–water partition coefficient (Wildman–Crippen LogP) is 0.622. The van der Waals surface area contributed by atoms with Crippen LogP contribution >= 0.6 is 8.25 Å². The van der Waals surface area contributed by atoms with Crippen LogP contribution in [0.2, 0.25) is 0 Å². The monoisotopic (exact) mass is 127 g/mol. The van der Waals surface area contributed by atoms with Crippen LogP contribution in [0.1, 0.15) is 0 Å². The first-order valence-corrected chi connectivity index (χ1v) is 2.75. The molecule has 0 saturated carbocycles. The third kappa shape index (κ3) is 5.95. The summed E-state index contributed by atoms with van der Waals surface area (Å²) in [5.74, 6) is 0. The van der Waals surface area contributed by atoms with Crippen molar-refractivity contribution in [2.24, 2.45) is 0 Å². The Morgan fingerprint density at radius 2 is 2.43 bits per heavy atom. The molecule has 0 aliphatic heterocycles. The van der Waals surface area contributed by atoms with Crippen molar-refractivity contribution < 1.29 is 18.4 Å². The van der Waals surface area contributed by atoms with Gasteiger partial charge in [-0.1, -0.05) is 0 Å². The Labute approximate surface area is 41.1 Å². The lowest BCUT2D eigenvalue weighted by Gasteiger charge is -1.74. The quantitative estimate of drug-likeness (QED) is 0.565. The number of alkyl halides is 1. The Morgan fingerprint density at radius 3 is 2.57 bits per heavy atom. The van der Waals surface area contributed by atoms with Crippen molar-refractivity contribution in [1.82, 2.24) is 0 Å². The average Bonchev–Trinajstić information content (AvgIpc) is 1.61. The van der Waals surface area contributed by atoms with Crippen molar-refractivity contribution in [1.29, 1.82) is 0 Å². The lowest BCUT2D eigenvalue weighted by molar-refractivity contribution is 0.251. The van der Waals surface area contributed by atoms with Crippen molar-refractivity contribution in [3.05, 3.63) is 0 Å². The lowest BCUT2D eigenvalue weighted by atomic mass is 10.9. The van der Waals surface area contributed by atoms with Gasteiger partial charge in [-0.25, -0.2) is 4.39 Å². The van der Waals surface area contributed by atoms with E-state index in [1.165, 1.54) is 0 Å². The molecule has 1 N–H and O–H groups in total. The van der Waals surface area contributed by atoms with Crippen LogP contribution in [0.4, 0.5) is 4.39 Å². The molecule has 0 rings (SSSR count). The molecule has 3 nitrogen and oxygen atoms in total. The third-order valence-corrected chi connectivity index (χ3v) is 0.682. The van der Waals surface area contributed by atoms with E-state index in [1.807, 2.05) is 0 Å². The molecule has 0 aromatic rings. The minimum absolute atomic E-state index is 0.300. The van der Waals surface area contributed by atoms with Crippen LogP contribution in [0.3, 0.4) is 0 Å². The first-order valence-electron chi connectivity index (χ1n) is 1.62. The first kappa shape index (κ1) is 6.95. The molecule has 0 aromatic carbocycles. The van der Waals surface area contributed by atoms with Crippen LogP contribution in [0, 0.1) is 0 Å². The van der Waals surface area contributed by atoms with Crippen molar-refractivity contribution in [3.63, 3.8) is 0 Å². The fraction of sp³-hybridized carbons (Fsp3) is 1.00. The SMILES string of the molecule is O=[P+](O)OCCF. The molecule has 0 aliphatic carbocycles. The van der Waals surface area contributed by atoms with Crippen molar-refractivity contribution >= 4 is 8.25 Å². The van der Waals surface area contributed by atoms with E-state index in [-0.39, 0.29) is 6.61 Å². The molecule has 1 atom stereocenters. The van der Waals surface area contributed by atoms with Crippen LogP contribution in [0.25, 0.3) is 0 Å². The fourth-order valence-electron chi connectivity index (χ4n) is 0.113. The summed E-state index contributed by atoms with van der Waals surface area (Å²) in [5, 5.41) is 0. The summed E-state index contributed by atoms with van der Waals surface area (Å²) in [4.78, 5) is 7.80. The number of halogens is 1. The standard InChI is InChI=1S/C2H4FO3P/c3-1-2-6-7(4)5/h1-2H2/p+1. The minimum atomic E-state index is -2.60. The largest absolute Gasteiger partial charge is 0.694 e. The average molecular weight is 127 g/mol. The van der Waals surface area contributed by atoms with Gasteiger partial charge in [-0.15, -0.1) is 9.42 Å². The zero-order chi connectivity index (χ0) is 5.70. The van der Waals surface area contributed by atoms with E-state index in [2.05, 4.69) is 4.52 Å². The Balaban J connectivity index is 2.82. The highest BCUT2D eigenvalue weighted by Crippen LogP contribution is 2.12. The molecule has 0 amide bonds. The smallest absolute Gasteiger partial charge is 0.248 e. The van der Waals surface area contributed by atoms with Gasteiger partial charge in [0.1, 0.15) is 13.3 Å². The Bertz CT molecular complexity index is 66.0. The molecule has 7 heavy (non-hydrogen) atoms. The lowest BCUT2D eigenvalue weighted by Crippen LogP contribution is -1.85. The van der Waals surface area contributed by atoms with E-state index >= 15 is 0 Å². The number of hydrogen-bond acceptors (Lipinski definition) is 2. The molecule has 0 fully saturated rings. The van der Waals surface area contributed by atoms with Gasteiger partial charge < -0.3 is 0 Å². The van der Waals surface area contributed by atoms with Gasteiger partial charge in [-0.3, -0.25) is 0 Å². The Kier molecular flexibility index (Phi) is 4.09. The van der Waals surface area contributed by atoms with E-state index < -0.39 is 14.9 Å². The fourth-order valence-corrected chi connectivity index (χ4v) is 0.338. The zero-order valence-corrected chi connectivity index (χ0v) is 4.40. The maximum Gasteiger partial charge on any atom is 0.694 e. The van der Waals surface area contributed by atoms with Crippen molar-refractivity contribution in [3.8, 4) is 0 Å². The highest BCUT2D eigenvalue weighted by molar-refractivity contribution is 7.32. The second kappa shape index (κ2) is 4.12. The van der Waals surface area contributed by atoms with E-state index in [4.69, 9.17) is 4.89 Å². The zero-order valence-electron chi connectivity index (χ0n) is 3.50. The predicted molar refractivity (Wildman–Crippen MR) is 21.8 cm³/mol. The van der Waals surface area contributed by atoms with Gasteiger partial charge >= 0.3 is 8.25 Å². The highest BCUT2D eigenvalue weighted by Gasteiger charge is 2.09. The summed E-state index contributed by atoms with van der Waals surface area (Å²) in [6.45, 7) is -1.02. The second-order valence-electron chi connectivity index (χ2n) is 0.760. The second-order valence-corrected chi connectivity index (χ2v) is 1.49. The van der Waals surface area contributed by atoms with Gasteiger partial charge in [0.05, 0.1) is 0 Å². The molecule has 42 valence electrons. The molecule has 0 radical (unpaired) electrons. The summed E-state index contributed by atoms with van der Waals surface area (Å²) in [6.07, 6.45) is 0. The van der Waals surface area contributed by atoms with Gasteiger partial charge in [0.15, 0.2) is 0 Å². The molecule has 1 unspecified atom stereocenters. The summed E-state index contributed by atoms with van der Waals surface area (Å²) in [7, 11) is -2.60. The van der Waals surface area contributed by atoms with E-state index in [1.54, 1.807) is 0 Å². The van der Waals surface area contributed by atoms with E-state index in [9.17, 15) is 8.96 Å². The van der Waals surface area contributed by atoms with Crippen LogP contribution in [-0.4, -0.2) is 18.2 Å². The highest BCUT2D eigenvalue weighted by atomic mass is 31.1. The molecular formula is C2H5FO3P+. The first-order chi connectivity index (χ1) is 3.27. The van der Waals surface area contributed by atoms with Crippen molar-refractivity contribution in [2.45, 2.75) is 0 Å². The topological polar surface area (TPSA) is 46.5 Å². The summed E-state index contributed by atoms with van der Waals surface area (Å²) in [6, 6.07) is 0. The molecule has 5 heteroatoms. The van der Waals surface area contributed by atoms with Crippen LogP contribution in [0.15, 0.2) is 0 Å². The van der Waals surface area contributed by atoms with E-state index in [0.29, 0.717) is 0 Å². The molecule has 0 aliphatic rings. The van der Waals surface area contributed by atoms with Gasteiger partial charge in [0.25, 0.3) is 0 Å². The molecular weight excluding hydrogens is 122 g/mol. The van der Waals surface area contributed by atoms with Crippen LogP contribution in [-0.2, 0) is 9.09 Å². The van der Waals surface area contributed by atoms with E-state index in [0.717, 1.165) is 0 Å². The summed E-state index contributed by atoms with van der Waals surface area (Å²) in [5.41, 5.74) is 0. The van der Waals surface area contributed by atoms with Gasteiger partial charge in [0, 0.05) is 4.57 Å². The molecule has 0 spiro atoms. The normalized spacial score (nSPS) is 11.4. The number of hydrogen-bond donors (Lipinski definition) is 1. The minimum Gasteiger partial charge on any atom is -0.248 e.